The first kappa shape index (κ1) is 12.9. The molecule has 0 amide bonds. The Bertz CT molecular complexity index is 522. The Morgan fingerprint density at radius 1 is 1.65 bits per heavy atom. The van der Waals surface area contributed by atoms with Gasteiger partial charge in [0.15, 0.2) is 5.78 Å². The third kappa shape index (κ3) is 2.34. The van der Waals surface area contributed by atoms with Gasteiger partial charge in [0, 0.05) is 0 Å². The van der Waals surface area contributed by atoms with E-state index in [1.807, 2.05) is 0 Å². The second-order valence-corrected chi connectivity index (χ2v) is 3.23. The van der Waals surface area contributed by atoms with Gasteiger partial charge in [-0.25, -0.2) is 0 Å². The van der Waals surface area contributed by atoms with Crippen molar-refractivity contribution in [3.63, 3.8) is 0 Å². The first-order valence-electron chi connectivity index (χ1n) is 4.41. The highest BCUT2D eigenvalue weighted by atomic mass is 35.5. The number of hydrogen-bond acceptors (Lipinski definition) is 5. The molecule has 0 unspecified atom stereocenters. The number of nitro groups is 1. The number of nitrogens with zero attached hydrogens (tertiary/aromatic N) is 2. The second kappa shape index (κ2) is 5.27. The summed E-state index contributed by atoms with van der Waals surface area (Å²) in [4.78, 5) is 21.7. The number of carbonyl (C=O) groups excluding carboxylic acids is 1. The highest BCUT2D eigenvalue weighted by Gasteiger charge is 2.28. The summed E-state index contributed by atoms with van der Waals surface area (Å²) in [6, 6.07) is 4.20. The summed E-state index contributed by atoms with van der Waals surface area (Å²) in [5.74, 6) is -1.06. The summed E-state index contributed by atoms with van der Waals surface area (Å²) in [7, 11) is 1.27. The lowest BCUT2D eigenvalue weighted by molar-refractivity contribution is -0.385. The lowest BCUT2D eigenvalue weighted by atomic mass is 10.0. The van der Waals surface area contributed by atoms with E-state index in [9.17, 15) is 14.9 Å². The van der Waals surface area contributed by atoms with Gasteiger partial charge in [-0.15, -0.1) is 11.6 Å². The van der Waals surface area contributed by atoms with Crippen molar-refractivity contribution in [3.05, 3.63) is 33.4 Å². The van der Waals surface area contributed by atoms with E-state index in [1.165, 1.54) is 19.2 Å². The van der Waals surface area contributed by atoms with Crippen molar-refractivity contribution in [2.24, 2.45) is 0 Å². The van der Waals surface area contributed by atoms with Gasteiger partial charge in [-0.05, 0) is 12.1 Å². The largest absolute Gasteiger partial charge is 0.496 e. The van der Waals surface area contributed by atoms with Crippen LogP contribution in [0.4, 0.5) is 5.69 Å². The summed E-state index contributed by atoms with van der Waals surface area (Å²) in [6.45, 7) is 0. The van der Waals surface area contributed by atoms with Gasteiger partial charge in [0.1, 0.15) is 22.9 Å². The number of halogens is 1. The summed E-state index contributed by atoms with van der Waals surface area (Å²) in [6.07, 6.45) is 0. The fourth-order valence-corrected chi connectivity index (χ4v) is 1.49. The number of Topliss-reactive ketones (excluding diaryl/α,β-unsaturated/α-hetero) is 1. The Kier molecular flexibility index (Phi) is 4.01. The van der Waals surface area contributed by atoms with Crippen molar-refractivity contribution in [3.8, 4) is 11.8 Å². The smallest absolute Gasteiger partial charge is 0.301 e. The average Bonchev–Trinajstić information content (AvgIpc) is 2.35. The zero-order valence-electron chi connectivity index (χ0n) is 8.77. The molecule has 0 fully saturated rings. The lowest BCUT2D eigenvalue weighted by Gasteiger charge is -2.07. The molecule has 17 heavy (non-hydrogen) atoms. The van der Waals surface area contributed by atoms with Crippen LogP contribution in [-0.4, -0.2) is 23.7 Å². The molecule has 0 saturated heterocycles. The number of ketones is 1. The number of ether oxygens (including phenoxy) is 1. The number of benzene rings is 1. The first-order valence-corrected chi connectivity index (χ1v) is 4.94. The van der Waals surface area contributed by atoms with Crippen LogP contribution in [0.3, 0.4) is 0 Å². The molecule has 0 aromatic heterocycles. The second-order valence-electron chi connectivity index (χ2n) is 2.96. The number of rotatable bonds is 4. The van der Waals surface area contributed by atoms with E-state index < -0.39 is 22.3 Å². The minimum Gasteiger partial charge on any atom is -0.496 e. The molecule has 1 rings (SSSR count). The Balaban J connectivity index is 3.65. The van der Waals surface area contributed by atoms with Crippen LogP contribution in [0.1, 0.15) is 15.9 Å². The molecule has 7 heteroatoms. The van der Waals surface area contributed by atoms with Crippen LogP contribution in [0.2, 0.25) is 0 Å². The molecule has 0 saturated carbocycles. The summed E-state index contributed by atoms with van der Waals surface area (Å²) in [5, 5.41) is 19.7. The zero-order chi connectivity index (χ0) is 13.0. The number of nitriles is 1. The molecule has 0 aliphatic carbocycles. The Labute approximate surface area is 102 Å². The van der Waals surface area contributed by atoms with E-state index in [4.69, 9.17) is 21.6 Å². The van der Waals surface area contributed by atoms with E-state index in [-0.39, 0.29) is 16.9 Å². The zero-order valence-corrected chi connectivity index (χ0v) is 9.52. The monoisotopic (exact) mass is 254 g/mol. The average molecular weight is 255 g/mol. The standard InChI is InChI=1S/C10H7ClN2O4/c1-17-8-3-2-6(5-12)10(13(15)16)9(8)7(14)4-11/h2-3H,4H2,1H3. The molecule has 0 aliphatic heterocycles. The predicted molar refractivity (Wildman–Crippen MR) is 59.4 cm³/mol. The third-order valence-electron chi connectivity index (χ3n) is 2.06. The van der Waals surface area contributed by atoms with E-state index in [2.05, 4.69) is 0 Å². The van der Waals surface area contributed by atoms with Crippen LogP contribution in [0, 0.1) is 21.4 Å². The van der Waals surface area contributed by atoms with Crippen LogP contribution < -0.4 is 4.74 Å². The summed E-state index contributed by atoms with van der Waals surface area (Å²) >= 11 is 5.38. The van der Waals surface area contributed by atoms with Crippen molar-refractivity contribution >= 4 is 23.1 Å². The van der Waals surface area contributed by atoms with Crippen LogP contribution >= 0.6 is 11.6 Å². The van der Waals surface area contributed by atoms with E-state index >= 15 is 0 Å². The van der Waals surface area contributed by atoms with Gasteiger partial charge in [-0.3, -0.25) is 14.9 Å². The van der Waals surface area contributed by atoms with Gasteiger partial charge in [0.2, 0.25) is 0 Å². The van der Waals surface area contributed by atoms with Crippen LogP contribution in [0.15, 0.2) is 12.1 Å². The fourth-order valence-electron chi connectivity index (χ4n) is 1.36. The third-order valence-corrected chi connectivity index (χ3v) is 2.31. The first-order chi connectivity index (χ1) is 8.06. The maximum Gasteiger partial charge on any atom is 0.301 e. The van der Waals surface area contributed by atoms with Crippen molar-refractivity contribution in [2.45, 2.75) is 0 Å². The number of methoxy groups -OCH3 is 1. The van der Waals surface area contributed by atoms with Crippen LogP contribution in [0.5, 0.6) is 5.75 Å². The molecule has 0 atom stereocenters. The van der Waals surface area contributed by atoms with Gasteiger partial charge >= 0.3 is 5.69 Å². The minimum atomic E-state index is -0.791. The predicted octanol–water partition coefficient (Wildman–Crippen LogP) is 1.90. The van der Waals surface area contributed by atoms with Crippen molar-refractivity contribution in [2.75, 3.05) is 13.0 Å². The topological polar surface area (TPSA) is 93.2 Å². The molecular formula is C10H7ClN2O4. The summed E-state index contributed by atoms with van der Waals surface area (Å²) in [5.41, 5.74) is -1.05. The number of alkyl halides is 1. The molecule has 0 aliphatic rings. The lowest BCUT2D eigenvalue weighted by Crippen LogP contribution is -2.09. The van der Waals surface area contributed by atoms with E-state index in [1.54, 1.807) is 6.07 Å². The van der Waals surface area contributed by atoms with Crippen LogP contribution in [-0.2, 0) is 0 Å². The maximum atomic E-state index is 11.6. The van der Waals surface area contributed by atoms with Gasteiger partial charge < -0.3 is 4.74 Å². The molecule has 0 spiro atoms. The van der Waals surface area contributed by atoms with Gasteiger partial charge in [0.05, 0.1) is 17.9 Å². The molecule has 0 radical (unpaired) electrons. The van der Waals surface area contributed by atoms with Crippen molar-refractivity contribution in [1.29, 1.82) is 5.26 Å². The van der Waals surface area contributed by atoms with E-state index in [0.717, 1.165) is 0 Å². The van der Waals surface area contributed by atoms with E-state index in [0.29, 0.717) is 0 Å². The highest BCUT2D eigenvalue weighted by Crippen LogP contribution is 2.32. The minimum absolute atomic E-state index is 0.0290. The Morgan fingerprint density at radius 3 is 2.71 bits per heavy atom. The quantitative estimate of drug-likeness (QED) is 0.354. The SMILES string of the molecule is COc1ccc(C#N)c([N+](=O)[O-])c1C(=O)CCl. The molecule has 1 aromatic rings. The number of carbonyl (C=O) groups is 1. The Hall–Kier alpha value is -2.13. The molecule has 88 valence electrons. The highest BCUT2D eigenvalue weighted by molar-refractivity contribution is 6.31. The molecule has 0 N–H and O–H groups in total. The maximum absolute atomic E-state index is 11.6. The van der Waals surface area contributed by atoms with Crippen LogP contribution in [0.25, 0.3) is 0 Å². The Morgan fingerprint density at radius 2 is 2.29 bits per heavy atom. The van der Waals surface area contributed by atoms with Gasteiger partial charge in [-0.2, -0.15) is 5.26 Å². The normalized spacial score (nSPS) is 9.47. The molecule has 0 heterocycles. The molecular weight excluding hydrogens is 248 g/mol. The van der Waals surface area contributed by atoms with Gasteiger partial charge in [0.25, 0.3) is 0 Å². The number of hydrogen-bond donors (Lipinski definition) is 0. The number of nitro benzene ring substituents is 1. The van der Waals surface area contributed by atoms with Gasteiger partial charge in [-0.1, -0.05) is 0 Å². The van der Waals surface area contributed by atoms with Crippen molar-refractivity contribution < 1.29 is 14.5 Å². The molecule has 0 bridgehead atoms. The fraction of sp³-hybridized carbons (Fsp3) is 0.200. The van der Waals surface area contributed by atoms with Crippen molar-refractivity contribution in [1.82, 2.24) is 0 Å². The molecule has 6 nitrogen and oxygen atoms in total. The molecule has 1 aromatic carbocycles. The summed E-state index contributed by atoms with van der Waals surface area (Å²) < 4.78 is 4.87.